The van der Waals surface area contributed by atoms with Crippen molar-refractivity contribution < 1.29 is 21.9 Å². The number of hydrogen-bond acceptors (Lipinski definition) is 5. The number of nitrogens with zero attached hydrogens (tertiary/aromatic N) is 3. The first-order valence-electron chi connectivity index (χ1n) is 6.93. The first-order chi connectivity index (χ1) is 11.8. The van der Waals surface area contributed by atoms with Crippen LogP contribution in [0.4, 0.5) is 8.78 Å². The standard InChI is InChI=1S/C14H13F2N5O3S/c1-24-9-2-3-13-12(5-9)19-20-21(13)14-6-10(15)8(4-11(14)16)7-18-25(17,22)23/h2-6,18H,7H2,1H3,(H2,17,22,23). The zero-order chi connectivity index (χ0) is 18.2. The molecule has 0 bridgehead atoms. The number of halogens is 2. The monoisotopic (exact) mass is 369 g/mol. The number of hydrogen-bond donors (Lipinski definition) is 2. The first-order valence-corrected chi connectivity index (χ1v) is 8.48. The molecule has 3 aromatic rings. The lowest BCUT2D eigenvalue weighted by Gasteiger charge is -2.09. The number of nitrogens with two attached hydrogens (primary N) is 1. The van der Waals surface area contributed by atoms with Crippen molar-refractivity contribution in [3.63, 3.8) is 0 Å². The molecule has 0 aliphatic heterocycles. The molecule has 0 spiro atoms. The van der Waals surface area contributed by atoms with Crippen LogP contribution in [-0.4, -0.2) is 30.5 Å². The number of aromatic nitrogens is 3. The van der Waals surface area contributed by atoms with Gasteiger partial charge in [-0.2, -0.15) is 13.1 Å². The summed E-state index contributed by atoms with van der Waals surface area (Å²) < 4.78 is 58.4. The number of ether oxygens (including phenoxy) is 1. The SMILES string of the molecule is COc1ccc2c(c1)nnn2-c1cc(F)c(CNS(N)(=O)=O)cc1F. The van der Waals surface area contributed by atoms with Crippen molar-refractivity contribution >= 4 is 21.2 Å². The minimum atomic E-state index is -4.02. The van der Waals surface area contributed by atoms with Gasteiger partial charge in [-0.25, -0.2) is 18.6 Å². The Morgan fingerprint density at radius 3 is 2.68 bits per heavy atom. The van der Waals surface area contributed by atoms with Gasteiger partial charge in [-0.1, -0.05) is 5.21 Å². The van der Waals surface area contributed by atoms with Gasteiger partial charge in [0.1, 0.15) is 28.6 Å². The second kappa shape index (κ2) is 6.35. The van der Waals surface area contributed by atoms with Crippen LogP contribution in [0.1, 0.15) is 5.56 Å². The summed E-state index contributed by atoms with van der Waals surface area (Å²) in [6, 6.07) is 6.65. The van der Waals surface area contributed by atoms with Gasteiger partial charge in [0.25, 0.3) is 10.2 Å². The minimum absolute atomic E-state index is 0.162. The molecular formula is C14H13F2N5O3S. The van der Waals surface area contributed by atoms with Crippen molar-refractivity contribution in [1.29, 1.82) is 0 Å². The van der Waals surface area contributed by atoms with E-state index in [9.17, 15) is 17.2 Å². The van der Waals surface area contributed by atoms with Crippen molar-refractivity contribution in [2.24, 2.45) is 5.14 Å². The Morgan fingerprint density at radius 1 is 1.24 bits per heavy atom. The topological polar surface area (TPSA) is 112 Å². The van der Waals surface area contributed by atoms with Gasteiger partial charge in [0.15, 0.2) is 0 Å². The molecular weight excluding hydrogens is 356 g/mol. The molecule has 11 heteroatoms. The van der Waals surface area contributed by atoms with E-state index in [2.05, 4.69) is 10.3 Å². The third kappa shape index (κ3) is 3.57. The maximum absolute atomic E-state index is 14.4. The van der Waals surface area contributed by atoms with Crippen molar-refractivity contribution in [2.45, 2.75) is 6.54 Å². The van der Waals surface area contributed by atoms with E-state index in [1.165, 1.54) is 7.11 Å². The fourth-order valence-corrected chi connectivity index (χ4v) is 2.62. The summed E-state index contributed by atoms with van der Waals surface area (Å²) in [6.07, 6.45) is 0. The molecule has 1 aromatic heterocycles. The molecule has 0 aliphatic rings. The average molecular weight is 369 g/mol. The van der Waals surface area contributed by atoms with E-state index in [1.807, 2.05) is 4.72 Å². The highest BCUT2D eigenvalue weighted by molar-refractivity contribution is 7.87. The molecule has 132 valence electrons. The Labute approximate surface area is 141 Å². The van der Waals surface area contributed by atoms with E-state index < -0.39 is 28.4 Å². The van der Waals surface area contributed by atoms with Gasteiger partial charge < -0.3 is 4.74 Å². The highest BCUT2D eigenvalue weighted by atomic mass is 32.2. The maximum Gasteiger partial charge on any atom is 0.274 e. The molecule has 25 heavy (non-hydrogen) atoms. The van der Waals surface area contributed by atoms with Crippen LogP contribution >= 0.6 is 0 Å². The normalized spacial score (nSPS) is 11.8. The van der Waals surface area contributed by atoms with Crippen LogP contribution < -0.4 is 14.6 Å². The van der Waals surface area contributed by atoms with Crippen LogP contribution in [-0.2, 0) is 16.8 Å². The average Bonchev–Trinajstić information content (AvgIpc) is 2.97. The van der Waals surface area contributed by atoms with Crippen molar-refractivity contribution in [3.05, 3.63) is 47.5 Å². The second-order valence-corrected chi connectivity index (χ2v) is 6.50. The Hall–Kier alpha value is -2.63. The number of methoxy groups -OCH3 is 1. The van der Waals surface area contributed by atoms with Crippen molar-refractivity contribution in [3.8, 4) is 11.4 Å². The Kier molecular flexibility index (Phi) is 4.37. The lowest BCUT2D eigenvalue weighted by Crippen LogP contribution is -2.30. The summed E-state index contributed by atoms with van der Waals surface area (Å²) in [5.41, 5.74) is 0.541. The van der Waals surface area contributed by atoms with Crippen LogP contribution in [0.2, 0.25) is 0 Å². The van der Waals surface area contributed by atoms with E-state index in [1.54, 1.807) is 18.2 Å². The van der Waals surface area contributed by atoms with Gasteiger partial charge in [-0.3, -0.25) is 0 Å². The Morgan fingerprint density at radius 2 is 2.00 bits per heavy atom. The summed E-state index contributed by atoms with van der Waals surface area (Å²) in [4.78, 5) is 0. The lowest BCUT2D eigenvalue weighted by molar-refractivity contribution is 0.415. The fourth-order valence-electron chi connectivity index (χ4n) is 2.26. The van der Waals surface area contributed by atoms with Crippen LogP contribution in [0.5, 0.6) is 5.75 Å². The lowest BCUT2D eigenvalue weighted by atomic mass is 10.2. The molecule has 8 nitrogen and oxygen atoms in total. The Bertz CT molecular complexity index is 1050. The quantitative estimate of drug-likeness (QED) is 0.697. The van der Waals surface area contributed by atoms with Crippen LogP contribution in [0.15, 0.2) is 30.3 Å². The van der Waals surface area contributed by atoms with Gasteiger partial charge in [-0.05, 0) is 18.2 Å². The summed E-state index contributed by atoms with van der Waals surface area (Å²) >= 11 is 0. The number of benzene rings is 2. The largest absolute Gasteiger partial charge is 0.497 e. The number of nitrogens with one attached hydrogen (secondary N) is 1. The smallest absolute Gasteiger partial charge is 0.274 e. The molecule has 0 atom stereocenters. The molecule has 2 aromatic carbocycles. The fraction of sp³-hybridized carbons (Fsp3) is 0.143. The van der Waals surface area contributed by atoms with Gasteiger partial charge >= 0.3 is 0 Å². The summed E-state index contributed by atoms with van der Waals surface area (Å²) in [6.45, 7) is -0.475. The van der Waals surface area contributed by atoms with Crippen molar-refractivity contribution in [1.82, 2.24) is 19.7 Å². The van der Waals surface area contributed by atoms with E-state index in [0.29, 0.717) is 16.8 Å². The van der Waals surface area contributed by atoms with Gasteiger partial charge in [0.05, 0.1) is 12.6 Å². The molecule has 3 N–H and O–H groups in total. The molecule has 0 aliphatic carbocycles. The number of rotatable bonds is 5. The molecule has 3 rings (SSSR count). The predicted octanol–water partition coefficient (Wildman–Crippen LogP) is 1.00. The third-order valence-electron chi connectivity index (χ3n) is 3.46. The van der Waals surface area contributed by atoms with Crippen LogP contribution in [0.3, 0.4) is 0 Å². The molecule has 0 amide bonds. The van der Waals surface area contributed by atoms with Crippen molar-refractivity contribution in [2.75, 3.05) is 7.11 Å². The highest BCUT2D eigenvalue weighted by Crippen LogP contribution is 2.24. The van der Waals surface area contributed by atoms with Crippen LogP contribution in [0.25, 0.3) is 16.7 Å². The molecule has 0 saturated heterocycles. The summed E-state index contributed by atoms with van der Waals surface area (Å²) in [5.74, 6) is -1.06. The molecule has 0 radical (unpaired) electrons. The summed E-state index contributed by atoms with van der Waals surface area (Å²) in [5, 5.41) is 12.5. The predicted molar refractivity (Wildman–Crippen MR) is 85.3 cm³/mol. The highest BCUT2D eigenvalue weighted by Gasteiger charge is 2.16. The summed E-state index contributed by atoms with van der Waals surface area (Å²) in [7, 11) is -2.52. The molecule has 0 unspecified atom stereocenters. The molecule has 0 fully saturated rings. The number of fused-ring (bicyclic) bond motifs is 1. The van der Waals surface area contributed by atoms with Gasteiger partial charge in [0.2, 0.25) is 0 Å². The second-order valence-electron chi connectivity index (χ2n) is 5.12. The van der Waals surface area contributed by atoms with E-state index >= 15 is 0 Å². The Balaban J connectivity index is 2.02. The first kappa shape index (κ1) is 17.2. The molecule has 0 saturated carbocycles. The third-order valence-corrected chi connectivity index (χ3v) is 4.01. The zero-order valence-corrected chi connectivity index (χ0v) is 13.7. The van der Waals surface area contributed by atoms with Gasteiger partial charge in [0, 0.05) is 24.2 Å². The van der Waals surface area contributed by atoms with E-state index in [0.717, 1.165) is 16.8 Å². The van der Waals surface area contributed by atoms with Crippen LogP contribution in [0, 0.1) is 11.6 Å². The minimum Gasteiger partial charge on any atom is -0.497 e. The van der Waals surface area contributed by atoms with Gasteiger partial charge in [-0.15, -0.1) is 5.10 Å². The molecule has 1 heterocycles. The van der Waals surface area contributed by atoms with E-state index in [-0.39, 0.29) is 11.3 Å². The van der Waals surface area contributed by atoms with E-state index in [4.69, 9.17) is 9.88 Å². The zero-order valence-electron chi connectivity index (χ0n) is 12.9. The maximum atomic E-state index is 14.4.